The molecule has 0 saturated carbocycles. The van der Waals surface area contributed by atoms with Crippen LogP contribution < -0.4 is 10.2 Å². The lowest BCUT2D eigenvalue weighted by Gasteiger charge is -2.17. The minimum atomic E-state index is 0.0320. The van der Waals surface area contributed by atoms with Crippen molar-refractivity contribution in [1.82, 2.24) is 4.98 Å². The van der Waals surface area contributed by atoms with Crippen molar-refractivity contribution < 1.29 is 4.79 Å². The highest BCUT2D eigenvalue weighted by molar-refractivity contribution is 5.94. The Balaban J connectivity index is 1.66. The zero-order valence-electron chi connectivity index (χ0n) is 13.5. The summed E-state index contributed by atoms with van der Waals surface area (Å²) >= 11 is 0. The maximum absolute atomic E-state index is 12.3. The van der Waals surface area contributed by atoms with Crippen LogP contribution in [0.4, 0.5) is 11.4 Å². The first-order valence-corrected chi connectivity index (χ1v) is 7.76. The van der Waals surface area contributed by atoms with E-state index in [9.17, 15) is 4.79 Å². The Morgan fingerprint density at radius 2 is 1.83 bits per heavy atom. The number of rotatable bonds is 5. The van der Waals surface area contributed by atoms with Crippen LogP contribution in [0.1, 0.15) is 12.0 Å². The Morgan fingerprint density at radius 3 is 2.65 bits per heavy atom. The Labute approximate surface area is 136 Å². The molecule has 1 heterocycles. The van der Waals surface area contributed by atoms with Gasteiger partial charge in [0.05, 0.1) is 11.4 Å². The molecule has 0 aliphatic rings. The standard InChI is InChI=1S/C19H21N3O/c1-22(2)18-10-6-5-9-17(18)21-19(23)12-11-14-13-20-16-8-4-3-7-15(14)16/h3-10,13,20H,11-12H2,1-2H3,(H,21,23). The molecular formula is C19H21N3O. The molecule has 4 heteroatoms. The summed E-state index contributed by atoms with van der Waals surface area (Å²) in [5.74, 6) is 0.0320. The molecule has 0 unspecified atom stereocenters. The number of carbonyl (C=O) groups excluding carboxylic acids is 1. The van der Waals surface area contributed by atoms with Gasteiger partial charge in [0.15, 0.2) is 0 Å². The van der Waals surface area contributed by atoms with Crippen molar-refractivity contribution in [1.29, 1.82) is 0 Å². The fraction of sp³-hybridized carbons (Fsp3) is 0.211. The molecule has 0 spiro atoms. The lowest BCUT2D eigenvalue weighted by Crippen LogP contribution is -2.16. The Kier molecular flexibility index (Phi) is 4.33. The van der Waals surface area contributed by atoms with Gasteiger partial charge in [-0.3, -0.25) is 4.79 Å². The van der Waals surface area contributed by atoms with Gasteiger partial charge in [-0.25, -0.2) is 0 Å². The Bertz CT molecular complexity index is 820. The first-order chi connectivity index (χ1) is 11.1. The van der Waals surface area contributed by atoms with E-state index in [2.05, 4.69) is 16.4 Å². The van der Waals surface area contributed by atoms with Crippen LogP contribution in [0.5, 0.6) is 0 Å². The second kappa shape index (κ2) is 6.57. The van der Waals surface area contributed by atoms with E-state index in [0.717, 1.165) is 23.3 Å². The van der Waals surface area contributed by atoms with E-state index in [1.807, 2.05) is 67.7 Å². The van der Waals surface area contributed by atoms with Crippen LogP contribution in [0.3, 0.4) is 0 Å². The van der Waals surface area contributed by atoms with Crippen LogP contribution in [0.25, 0.3) is 10.9 Å². The maximum atomic E-state index is 12.3. The molecule has 3 aromatic rings. The van der Waals surface area contributed by atoms with E-state index in [1.165, 1.54) is 10.9 Å². The van der Waals surface area contributed by atoms with Gasteiger partial charge >= 0.3 is 0 Å². The van der Waals surface area contributed by atoms with Gasteiger partial charge in [0.2, 0.25) is 5.91 Å². The molecule has 0 radical (unpaired) electrons. The second-order valence-corrected chi connectivity index (χ2v) is 5.82. The maximum Gasteiger partial charge on any atom is 0.224 e. The van der Waals surface area contributed by atoms with Crippen molar-refractivity contribution in [3.8, 4) is 0 Å². The van der Waals surface area contributed by atoms with Gasteiger partial charge in [-0.15, -0.1) is 0 Å². The molecule has 2 aromatic carbocycles. The number of carbonyl (C=O) groups is 1. The van der Waals surface area contributed by atoms with Crippen molar-refractivity contribution in [2.75, 3.05) is 24.3 Å². The van der Waals surface area contributed by atoms with Gasteiger partial charge in [-0.2, -0.15) is 0 Å². The monoisotopic (exact) mass is 307 g/mol. The molecule has 23 heavy (non-hydrogen) atoms. The molecule has 118 valence electrons. The Morgan fingerprint density at radius 1 is 1.09 bits per heavy atom. The number of fused-ring (bicyclic) bond motifs is 1. The third-order valence-corrected chi connectivity index (χ3v) is 3.96. The molecule has 1 amide bonds. The van der Waals surface area contributed by atoms with E-state index in [-0.39, 0.29) is 5.91 Å². The van der Waals surface area contributed by atoms with Crippen molar-refractivity contribution in [3.63, 3.8) is 0 Å². The summed E-state index contributed by atoms with van der Waals surface area (Å²) in [6.07, 6.45) is 3.18. The molecule has 4 nitrogen and oxygen atoms in total. The van der Waals surface area contributed by atoms with Crippen molar-refractivity contribution in [2.24, 2.45) is 0 Å². The second-order valence-electron chi connectivity index (χ2n) is 5.82. The third-order valence-electron chi connectivity index (χ3n) is 3.96. The number of anilines is 2. The highest BCUT2D eigenvalue weighted by atomic mass is 16.1. The number of aromatic amines is 1. The quantitative estimate of drug-likeness (QED) is 0.753. The van der Waals surface area contributed by atoms with Crippen LogP contribution in [-0.4, -0.2) is 25.0 Å². The summed E-state index contributed by atoms with van der Waals surface area (Å²) in [4.78, 5) is 17.5. The van der Waals surface area contributed by atoms with Gasteiger partial charge in [0.1, 0.15) is 0 Å². The van der Waals surface area contributed by atoms with E-state index >= 15 is 0 Å². The average Bonchev–Trinajstić information content (AvgIpc) is 2.96. The molecule has 0 bridgehead atoms. The summed E-state index contributed by atoms with van der Waals surface area (Å²) in [7, 11) is 3.94. The summed E-state index contributed by atoms with van der Waals surface area (Å²) in [6, 6.07) is 16.0. The number of aromatic nitrogens is 1. The number of hydrogen-bond donors (Lipinski definition) is 2. The fourth-order valence-corrected chi connectivity index (χ4v) is 2.77. The molecule has 2 N–H and O–H groups in total. The number of nitrogens with one attached hydrogen (secondary N) is 2. The zero-order chi connectivity index (χ0) is 16.2. The van der Waals surface area contributed by atoms with Crippen LogP contribution in [0.15, 0.2) is 54.7 Å². The van der Waals surface area contributed by atoms with Gasteiger partial charge < -0.3 is 15.2 Å². The normalized spacial score (nSPS) is 10.7. The molecular weight excluding hydrogens is 286 g/mol. The summed E-state index contributed by atoms with van der Waals surface area (Å²) in [6.45, 7) is 0. The van der Waals surface area contributed by atoms with Crippen molar-refractivity contribution >= 4 is 28.2 Å². The van der Waals surface area contributed by atoms with Crippen LogP contribution >= 0.6 is 0 Å². The predicted molar refractivity (Wildman–Crippen MR) is 96.0 cm³/mol. The number of H-pyrrole nitrogens is 1. The van der Waals surface area contributed by atoms with Gasteiger partial charge in [0, 0.05) is 37.6 Å². The number of benzene rings is 2. The zero-order valence-corrected chi connectivity index (χ0v) is 13.5. The van der Waals surface area contributed by atoms with Crippen LogP contribution in [0.2, 0.25) is 0 Å². The first-order valence-electron chi connectivity index (χ1n) is 7.76. The molecule has 0 saturated heterocycles. The minimum absolute atomic E-state index is 0.0320. The third kappa shape index (κ3) is 3.37. The molecule has 1 aromatic heterocycles. The van der Waals surface area contributed by atoms with E-state index in [1.54, 1.807) is 0 Å². The highest BCUT2D eigenvalue weighted by Crippen LogP contribution is 2.24. The van der Waals surface area contributed by atoms with Crippen LogP contribution in [-0.2, 0) is 11.2 Å². The summed E-state index contributed by atoms with van der Waals surface area (Å²) in [5.41, 5.74) is 4.15. The van der Waals surface area contributed by atoms with Gasteiger partial charge in [-0.05, 0) is 30.2 Å². The Hall–Kier alpha value is -2.75. The number of amides is 1. The van der Waals surface area contributed by atoms with E-state index in [4.69, 9.17) is 0 Å². The van der Waals surface area contributed by atoms with Crippen molar-refractivity contribution in [3.05, 3.63) is 60.3 Å². The van der Waals surface area contributed by atoms with Gasteiger partial charge in [0.25, 0.3) is 0 Å². The smallest absolute Gasteiger partial charge is 0.224 e. The number of nitrogens with zero attached hydrogens (tertiary/aromatic N) is 1. The fourth-order valence-electron chi connectivity index (χ4n) is 2.77. The van der Waals surface area contributed by atoms with Gasteiger partial charge in [-0.1, -0.05) is 30.3 Å². The molecule has 3 rings (SSSR count). The SMILES string of the molecule is CN(C)c1ccccc1NC(=O)CCc1c[nH]c2ccccc12. The predicted octanol–water partition coefficient (Wildman–Crippen LogP) is 3.81. The number of hydrogen-bond acceptors (Lipinski definition) is 2. The molecule has 0 aliphatic heterocycles. The lowest BCUT2D eigenvalue weighted by molar-refractivity contribution is -0.116. The highest BCUT2D eigenvalue weighted by Gasteiger charge is 2.09. The van der Waals surface area contributed by atoms with E-state index < -0.39 is 0 Å². The topological polar surface area (TPSA) is 48.1 Å². The van der Waals surface area contributed by atoms with Crippen molar-refractivity contribution in [2.45, 2.75) is 12.8 Å². The minimum Gasteiger partial charge on any atom is -0.376 e. The largest absolute Gasteiger partial charge is 0.376 e. The first kappa shape index (κ1) is 15.2. The number of para-hydroxylation sites is 3. The molecule has 0 atom stereocenters. The lowest BCUT2D eigenvalue weighted by atomic mass is 10.1. The number of aryl methyl sites for hydroxylation is 1. The summed E-state index contributed by atoms with van der Waals surface area (Å²) < 4.78 is 0. The molecule has 0 aliphatic carbocycles. The molecule has 0 fully saturated rings. The average molecular weight is 307 g/mol. The van der Waals surface area contributed by atoms with E-state index in [0.29, 0.717) is 6.42 Å². The summed E-state index contributed by atoms with van der Waals surface area (Å²) in [5, 5.41) is 4.20. The van der Waals surface area contributed by atoms with Crippen LogP contribution in [0, 0.1) is 0 Å².